The largest absolute Gasteiger partial charge is 0.480 e. The molecule has 0 spiro atoms. The first-order chi connectivity index (χ1) is 6.72. The number of carbonyl (C=O) groups excluding carboxylic acids is 2. The van der Waals surface area contributed by atoms with E-state index in [9.17, 15) is 14.4 Å². The first-order valence-electron chi connectivity index (χ1n) is 4.05. The van der Waals surface area contributed by atoms with Crippen molar-refractivity contribution in [2.45, 2.75) is 25.3 Å². The van der Waals surface area contributed by atoms with Crippen molar-refractivity contribution >= 4 is 18.1 Å². The second-order valence-electron chi connectivity index (χ2n) is 2.54. The molecule has 0 fully saturated rings. The van der Waals surface area contributed by atoms with Gasteiger partial charge < -0.3 is 5.11 Å². The number of carboxylic acids is 1. The van der Waals surface area contributed by atoms with Crippen LogP contribution in [0, 0.1) is 0 Å². The fourth-order valence-corrected chi connectivity index (χ4v) is 0.881. The molecule has 1 N–H and O–H groups in total. The molecule has 0 heterocycles. The Labute approximate surface area is 112 Å². The molecule has 0 saturated heterocycles. The van der Waals surface area contributed by atoms with Crippen molar-refractivity contribution < 1.29 is 52.2 Å². The van der Waals surface area contributed by atoms with Crippen LogP contribution in [0.4, 0.5) is 0 Å². The Morgan fingerprint density at radius 3 is 2.40 bits per heavy atom. The molecule has 7 heteroatoms. The van der Waals surface area contributed by atoms with E-state index in [0.717, 1.165) is 0 Å². The van der Waals surface area contributed by atoms with Crippen molar-refractivity contribution in [3.63, 3.8) is 0 Å². The first kappa shape index (κ1) is 16.8. The molecule has 0 aromatic rings. The zero-order valence-corrected chi connectivity index (χ0v) is 10.9. The van der Waals surface area contributed by atoms with E-state index < -0.39 is 12.0 Å². The molecule has 79 valence electrons. The molecule has 1 unspecified atom stereocenters. The van der Waals surface area contributed by atoms with Crippen molar-refractivity contribution in [2.75, 3.05) is 6.54 Å². The average Bonchev–Trinajstić information content (AvgIpc) is 2.15. The third kappa shape index (κ3) is 9.63. The topological polar surface area (TPSA) is 96.2 Å². The minimum Gasteiger partial charge on any atom is -0.480 e. The standard InChI is InChI=1S/C8H10N2O4.Y/c11-5-9-4-2-1-3-7(8(13)14)10-6-12;/h7H,1-4H2,(H,13,14);. The summed E-state index contributed by atoms with van der Waals surface area (Å²) in [7, 11) is 0. The van der Waals surface area contributed by atoms with E-state index >= 15 is 0 Å². The SMILES string of the molecule is O=C=NCCCCC(N=C=O)C(=O)O.[Y]. The summed E-state index contributed by atoms with van der Waals surface area (Å²) in [6.07, 6.45) is 3.95. The predicted molar refractivity (Wildman–Crippen MR) is 46.4 cm³/mol. The van der Waals surface area contributed by atoms with Gasteiger partial charge in [-0.1, -0.05) is 0 Å². The second kappa shape index (κ2) is 11.4. The van der Waals surface area contributed by atoms with Crippen molar-refractivity contribution in [3.05, 3.63) is 0 Å². The molecule has 0 aliphatic heterocycles. The number of unbranched alkanes of at least 4 members (excludes halogenated alkanes) is 1. The molecular formula is C8H10N2O4Y. The second-order valence-corrected chi connectivity index (χ2v) is 2.54. The van der Waals surface area contributed by atoms with Crippen molar-refractivity contribution in [1.29, 1.82) is 0 Å². The summed E-state index contributed by atoms with van der Waals surface area (Å²) in [5.74, 6) is -1.15. The van der Waals surface area contributed by atoms with Gasteiger partial charge in [0.15, 0.2) is 6.04 Å². The first-order valence-corrected chi connectivity index (χ1v) is 4.05. The Morgan fingerprint density at radius 1 is 1.27 bits per heavy atom. The van der Waals surface area contributed by atoms with E-state index in [1.165, 1.54) is 12.2 Å². The van der Waals surface area contributed by atoms with Crippen LogP contribution in [0.25, 0.3) is 0 Å². The summed E-state index contributed by atoms with van der Waals surface area (Å²) >= 11 is 0. The number of carbonyl (C=O) groups is 1. The van der Waals surface area contributed by atoms with Crippen molar-refractivity contribution in [2.24, 2.45) is 9.98 Å². The fraction of sp³-hybridized carbons (Fsp3) is 0.625. The third-order valence-electron chi connectivity index (χ3n) is 1.56. The third-order valence-corrected chi connectivity index (χ3v) is 1.56. The van der Waals surface area contributed by atoms with Crippen LogP contribution in [-0.2, 0) is 47.1 Å². The summed E-state index contributed by atoms with van der Waals surface area (Å²) < 4.78 is 0. The molecule has 0 aliphatic carbocycles. The van der Waals surface area contributed by atoms with Gasteiger partial charge in [0, 0.05) is 32.7 Å². The Bertz CT molecular complexity index is 280. The maximum absolute atomic E-state index is 10.5. The van der Waals surface area contributed by atoms with Crippen LogP contribution >= 0.6 is 0 Å². The summed E-state index contributed by atoms with van der Waals surface area (Å²) in [5.41, 5.74) is 0. The van der Waals surface area contributed by atoms with Gasteiger partial charge in [-0.05, 0) is 19.3 Å². The van der Waals surface area contributed by atoms with Gasteiger partial charge in [0.05, 0.1) is 6.54 Å². The van der Waals surface area contributed by atoms with Crippen molar-refractivity contribution in [1.82, 2.24) is 0 Å². The smallest absolute Gasteiger partial charge is 0.329 e. The molecule has 0 amide bonds. The Hall–Kier alpha value is -0.666. The van der Waals surface area contributed by atoms with Crippen LogP contribution in [0.3, 0.4) is 0 Å². The Morgan fingerprint density at radius 2 is 1.93 bits per heavy atom. The molecule has 6 nitrogen and oxygen atoms in total. The number of hydrogen-bond donors (Lipinski definition) is 1. The van der Waals surface area contributed by atoms with Gasteiger partial charge in [0.1, 0.15) is 0 Å². The monoisotopic (exact) mass is 287 g/mol. The van der Waals surface area contributed by atoms with Gasteiger partial charge in [-0.15, -0.1) is 0 Å². The number of hydrogen-bond acceptors (Lipinski definition) is 5. The summed E-state index contributed by atoms with van der Waals surface area (Å²) in [6.45, 7) is 0.320. The molecule has 0 aromatic carbocycles. The number of carboxylic acid groups (broad SMARTS) is 1. The zero-order chi connectivity index (χ0) is 10.8. The van der Waals surface area contributed by atoms with Crippen LogP contribution in [0.1, 0.15) is 19.3 Å². The fourth-order valence-electron chi connectivity index (χ4n) is 0.881. The average molecular weight is 287 g/mol. The molecule has 0 bridgehead atoms. The molecule has 15 heavy (non-hydrogen) atoms. The van der Waals surface area contributed by atoms with Gasteiger partial charge >= 0.3 is 5.97 Å². The van der Waals surface area contributed by atoms with Gasteiger partial charge in [-0.3, -0.25) is 0 Å². The molecule has 0 saturated carbocycles. The number of aliphatic carboxylic acids is 1. The molecule has 0 rings (SSSR count). The quantitative estimate of drug-likeness (QED) is 0.413. The molecular weight excluding hydrogens is 277 g/mol. The van der Waals surface area contributed by atoms with Gasteiger partial charge in [0.2, 0.25) is 12.2 Å². The molecule has 1 atom stereocenters. The van der Waals surface area contributed by atoms with E-state index in [1.54, 1.807) is 0 Å². The number of rotatable bonds is 7. The van der Waals surface area contributed by atoms with Gasteiger partial charge in [-0.2, -0.15) is 4.99 Å². The molecule has 0 aliphatic rings. The van der Waals surface area contributed by atoms with E-state index in [2.05, 4.69) is 9.98 Å². The number of aliphatic imine (C=N–C) groups is 2. The minimum absolute atomic E-state index is 0. The van der Waals surface area contributed by atoms with Crippen LogP contribution in [-0.4, -0.2) is 35.8 Å². The van der Waals surface area contributed by atoms with Crippen LogP contribution in [0.15, 0.2) is 9.98 Å². The molecule has 1 radical (unpaired) electrons. The number of nitrogens with zero attached hydrogens (tertiary/aromatic N) is 2. The van der Waals surface area contributed by atoms with Crippen molar-refractivity contribution in [3.8, 4) is 0 Å². The predicted octanol–water partition coefficient (Wildman–Crippen LogP) is 0.279. The maximum Gasteiger partial charge on any atom is 0.329 e. The summed E-state index contributed by atoms with van der Waals surface area (Å²) in [6, 6.07) is -1.03. The zero-order valence-electron chi connectivity index (χ0n) is 8.05. The summed E-state index contributed by atoms with van der Waals surface area (Å²) in [5, 5.41) is 8.55. The van der Waals surface area contributed by atoms with Gasteiger partial charge in [0.25, 0.3) is 0 Å². The van der Waals surface area contributed by atoms with Crippen LogP contribution in [0.2, 0.25) is 0 Å². The maximum atomic E-state index is 10.5. The van der Waals surface area contributed by atoms with Gasteiger partial charge in [-0.25, -0.2) is 19.4 Å². The summed E-state index contributed by atoms with van der Waals surface area (Å²) in [4.78, 5) is 36.4. The Balaban J connectivity index is 0. The van der Waals surface area contributed by atoms with E-state index in [0.29, 0.717) is 19.4 Å². The normalized spacial score (nSPS) is 10.1. The molecule has 0 aromatic heterocycles. The Kier molecular flexibility index (Phi) is 12.7. The van der Waals surface area contributed by atoms with E-state index in [1.807, 2.05) is 0 Å². The van der Waals surface area contributed by atoms with Crippen LogP contribution in [0.5, 0.6) is 0 Å². The minimum atomic E-state index is -1.15. The number of isocyanates is 2. The van der Waals surface area contributed by atoms with Crippen LogP contribution < -0.4 is 0 Å². The van der Waals surface area contributed by atoms with E-state index in [-0.39, 0.29) is 39.1 Å². The van der Waals surface area contributed by atoms with E-state index in [4.69, 9.17) is 5.11 Å².